The molecule has 2 aromatic rings. The number of para-hydroxylation sites is 1. The van der Waals surface area contributed by atoms with Crippen molar-refractivity contribution >= 4 is 29.2 Å². The van der Waals surface area contributed by atoms with Crippen LogP contribution in [0.5, 0.6) is 0 Å². The van der Waals surface area contributed by atoms with Crippen molar-refractivity contribution in [2.24, 2.45) is 0 Å². The van der Waals surface area contributed by atoms with E-state index in [0.717, 1.165) is 27.8 Å². The molecule has 0 spiro atoms. The molecule has 2 rings (SSSR count). The van der Waals surface area contributed by atoms with Crippen LogP contribution in [0, 0.1) is 6.92 Å². The fourth-order valence-corrected chi connectivity index (χ4v) is 1.87. The zero-order chi connectivity index (χ0) is 13.0. The van der Waals surface area contributed by atoms with Crippen molar-refractivity contribution < 1.29 is 0 Å². The molecular formula is C15H15ClN2. The number of hydrogen-bond donors (Lipinski definition) is 1. The standard InChI is InChI=1S/C15H15ClN2/c1-11(16)8-13-9-12(2)17-15(10-13)18-14-6-4-3-5-7-14/h3-10H,1-2H3,(H,17,18)/b11-8-. The van der Waals surface area contributed by atoms with Crippen LogP contribution in [0.3, 0.4) is 0 Å². The quantitative estimate of drug-likeness (QED) is 0.861. The molecule has 92 valence electrons. The summed E-state index contributed by atoms with van der Waals surface area (Å²) in [7, 11) is 0. The summed E-state index contributed by atoms with van der Waals surface area (Å²) in [5, 5.41) is 4.03. The van der Waals surface area contributed by atoms with Crippen LogP contribution in [-0.4, -0.2) is 4.98 Å². The molecule has 1 N–H and O–H groups in total. The molecule has 0 aliphatic heterocycles. The van der Waals surface area contributed by atoms with Crippen molar-refractivity contribution in [3.63, 3.8) is 0 Å². The van der Waals surface area contributed by atoms with E-state index in [2.05, 4.69) is 10.3 Å². The van der Waals surface area contributed by atoms with Gasteiger partial charge in [0.05, 0.1) is 0 Å². The highest BCUT2D eigenvalue weighted by atomic mass is 35.5. The summed E-state index contributed by atoms with van der Waals surface area (Å²) in [6.45, 7) is 3.83. The number of nitrogens with zero attached hydrogens (tertiary/aromatic N) is 1. The lowest BCUT2D eigenvalue weighted by atomic mass is 10.2. The number of aryl methyl sites for hydroxylation is 1. The first-order valence-electron chi connectivity index (χ1n) is 5.78. The van der Waals surface area contributed by atoms with Gasteiger partial charge in [0.15, 0.2) is 0 Å². The van der Waals surface area contributed by atoms with E-state index in [1.54, 1.807) is 0 Å². The minimum atomic E-state index is 0.756. The average Bonchev–Trinajstić information content (AvgIpc) is 2.28. The Kier molecular flexibility index (Phi) is 4.00. The normalized spacial score (nSPS) is 11.4. The van der Waals surface area contributed by atoms with E-state index < -0.39 is 0 Å². The van der Waals surface area contributed by atoms with Gasteiger partial charge in [-0.1, -0.05) is 29.8 Å². The molecule has 2 nitrogen and oxygen atoms in total. The predicted octanol–water partition coefficient (Wildman–Crippen LogP) is 4.73. The maximum atomic E-state index is 5.90. The van der Waals surface area contributed by atoms with Gasteiger partial charge in [-0.2, -0.15) is 0 Å². The minimum absolute atomic E-state index is 0.756. The van der Waals surface area contributed by atoms with E-state index in [1.165, 1.54) is 0 Å². The summed E-state index contributed by atoms with van der Waals surface area (Å²) in [6, 6.07) is 14.0. The summed E-state index contributed by atoms with van der Waals surface area (Å²) in [5.74, 6) is 0.824. The van der Waals surface area contributed by atoms with Gasteiger partial charge < -0.3 is 5.32 Å². The molecule has 0 unspecified atom stereocenters. The third-order valence-electron chi connectivity index (χ3n) is 2.39. The molecule has 1 aromatic carbocycles. The average molecular weight is 259 g/mol. The molecule has 0 amide bonds. The number of aromatic nitrogens is 1. The van der Waals surface area contributed by atoms with Crippen molar-refractivity contribution in [1.82, 2.24) is 4.98 Å². The van der Waals surface area contributed by atoms with Gasteiger partial charge in [0.25, 0.3) is 0 Å². The number of rotatable bonds is 3. The molecule has 1 heterocycles. The van der Waals surface area contributed by atoms with Crippen LogP contribution in [0.2, 0.25) is 0 Å². The number of anilines is 2. The maximum Gasteiger partial charge on any atom is 0.131 e. The van der Waals surface area contributed by atoms with E-state index in [9.17, 15) is 0 Å². The van der Waals surface area contributed by atoms with Crippen molar-refractivity contribution in [3.05, 3.63) is 58.8 Å². The second kappa shape index (κ2) is 5.69. The SMILES string of the molecule is C/C(Cl)=C/c1cc(C)nc(Nc2ccccc2)c1. The van der Waals surface area contributed by atoms with Gasteiger partial charge in [-0.25, -0.2) is 4.98 Å². The summed E-state index contributed by atoms with van der Waals surface area (Å²) in [5.41, 5.74) is 3.03. The summed E-state index contributed by atoms with van der Waals surface area (Å²) in [6.07, 6.45) is 1.92. The number of allylic oxidation sites excluding steroid dienone is 1. The second-order valence-electron chi connectivity index (χ2n) is 4.15. The lowest BCUT2D eigenvalue weighted by molar-refractivity contribution is 1.19. The van der Waals surface area contributed by atoms with E-state index >= 15 is 0 Å². The van der Waals surface area contributed by atoms with Gasteiger partial charge in [0.2, 0.25) is 0 Å². The van der Waals surface area contributed by atoms with Crippen molar-refractivity contribution in [3.8, 4) is 0 Å². The van der Waals surface area contributed by atoms with Gasteiger partial charge >= 0.3 is 0 Å². The number of benzene rings is 1. The lowest BCUT2D eigenvalue weighted by Gasteiger charge is -2.07. The summed E-state index contributed by atoms with van der Waals surface area (Å²) < 4.78 is 0. The van der Waals surface area contributed by atoms with Crippen LogP contribution < -0.4 is 5.32 Å². The molecule has 0 aliphatic carbocycles. The van der Waals surface area contributed by atoms with Gasteiger partial charge in [-0.05, 0) is 49.8 Å². The van der Waals surface area contributed by atoms with Crippen LogP contribution in [-0.2, 0) is 0 Å². The van der Waals surface area contributed by atoms with E-state index in [4.69, 9.17) is 11.6 Å². The zero-order valence-electron chi connectivity index (χ0n) is 10.4. The molecule has 0 fully saturated rings. The molecule has 18 heavy (non-hydrogen) atoms. The molecule has 0 saturated carbocycles. The first-order chi connectivity index (χ1) is 8.63. The predicted molar refractivity (Wildman–Crippen MR) is 78.2 cm³/mol. The number of nitrogens with one attached hydrogen (secondary N) is 1. The fourth-order valence-electron chi connectivity index (χ4n) is 1.74. The first-order valence-corrected chi connectivity index (χ1v) is 6.16. The van der Waals surface area contributed by atoms with Crippen molar-refractivity contribution in [2.45, 2.75) is 13.8 Å². The van der Waals surface area contributed by atoms with Crippen LogP contribution in [0.4, 0.5) is 11.5 Å². The van der Waals surface area contributed by atoms with E-state index in [1.807, 2.05) is 62.4 Å². The molecule has 0 atom stereocenters. The molecule has 1 aromatic heterocycles. The number of pyridine rings is 1. The maximum absolute atomic E-state index is 5.90. The van der Waals surface area contributed by atoms with E-state index in [-0.39, 0.29) is 0 Å². The highest BCUT2D eigenvalue weighted by Crippen LogP contribution is 2.18. The van der Waals surface area contributed by atoms with Crippen molar-refractivity contribution in [1.29, 1.82) is 0 Å². The Morgan fingerprint density at radius 1 is 1.22 bits per heavy atom. The van der Waals surface area contributed by atoms with E-state index in [0.29, 0.717) is 0 Å². The highest BCUT2D eigenvalue weighted by Gasteiger charge is 1.99. The molecule has 0 saturated heterocycles. The first kappa shape index (κ1) is 12.7. The second-order valence-corrected chi connectivity index (χ2v) is 4.75. The van der Waals surface area contributed by atoms with Crippen molar-refractivity contribution in [2.75, 3.05) is 5.32 Å². The monoisotopic (exact) mass is 258 g/mol. The van der Waals surface area contributed by atoms with Crippen LogP contribution >= 0.6 is 11.6 Å². The summed E-state index contributed by atoms with van der Waals surface area (Å²) >= 11 is 5.90. The minimum Gasteiger partial charge on any atom is -0.340 e. The Balaban J connectivity index is 2.29. The van der Waals surface area contributed by atoms with Gasteiger partial charge in [0, 0.05) is 16.4 Å². The lowest BCUT2D eigenvalue weighted by Crippen LogP contribution is -1.95. The Morgan fingerprint density at radius 3 is 2.61 bits per heavy atom. The fraction of sp³-hybridized carbons (Fsp3) is 0.133. The Hall–Kier alpha value is -1.80. The largest absolute Gasteiger partial charge is 0.340 e. The molecule has 0 aliphatic rings. The third kappa shape index (κ3) is 3.60. The smallest absolute Gasteiger partial charge is 0.131 e. The third-order valence-corrected chi connectivity index (χ3v) is 2.50. The number of halogens is 1. The Morgan fingerprint density at radius 2 is 1.94 bits per heavy atom. The molecule has 0 bridgehead atoms. The van der Waals surface area contributed by atoms with Crippen LogP contribution in [0.25, 0.3) is 6.08 Å². The van der Waals surface area contributed by atoms with Crippen LogP contribution in [0.15, 0.2) is 47.5 Å². The molecular weight excluding hydrogens is 244 g/mol. The Labute approximate surface area is 112 Å². The van der Waals surface area contributed by atoms with Crippen LogP contribution in [0.1, 0.15) is 18.2 Å². The van der Waals surface area contributed by atoms with Gasteiger partial charge in [-0.3, -0.25) is 0 Å². The van der Waals surface area contributed by atoms with Gasteiger partial charge in [-0.15, -0.1) is 0 Å². The molecule has 0 radical (unpaired) electrons. The van der Waals surface area contributed by atoms with Gasteiger partial charge in [0.1, 0.15) is 5.82 Å². The zero-order valence-corrected chi connectivity index (χ0v) is 11.2. The topological polar surface area (TPSA) is 24.9 Å². The number of hydrogen-bond acceptors (Lipinski definition) is 2. The highest BCUT2D eigenvalue weighted by molar-refractivity contribution is 6.31. The molecule has 3 heteroatoms. The Bertz CT molecular complexity index is 558. The summed E-state index contributed by atoms with van der Waals surface area (Å²) in [4.78, 5) is 4.45.